The maximum atomic E-state index is 5.78. The minimum atomic E-state index is 0.539. The van der Waals surface area contributed by atoms with Gasteiger partial charge in [-0.3, -0.25) is 0 Å². The summed E-state index contributed by atoms with van der Waals surface area (Å²) in [7, 11) is 0. The second kappa shape index (κ2) is 4.60. The van der Waals surface area contributed by atoms with Gasteiger partial charge in [-0.1, -0.05) is 0 Å². The molecule has 2 aliphatic rings. The fourth-order valence-corrected chi connectivity index (χ4v) is 3.15. The molecule has 3 unspecified atom stereocenters. The summed E-state index contributed by atoms with van der Waals surface area (Å²) < 4.78 is 5.78. The van der Waals surface area contributed by atoms with Crippen LogP contribution in [-0.4, -0.2) is 23.7 Å². The van der Waals surface area contributed by atoms with E-state index in [1.165, 1.54) is 31.2 Å². The van der Waals surface area contributed by atoms with Crippen LogP contribution in [0, 0.1) is 5.92 Å². The van der Waals surface area contributed by atoms with E-state index in [1.807, 2.05) is 6.20 Å². The number of ether oxygens (including phenoxy) is 1. The highest BCUT2D eigenvalue weighted by molar-refractivity contribution is 5.08. The van der Waals surface area contributed by atoms with Crippen LogP contribution in [-0.2, 0) is 11.3 Å². The molecule has 16 heavy (non-hydrogen) atoms. The maximum absolute atomic E-state index is 5.78. The molecule has 0 radical (unpaired) electrons. The smallest absolute Gasteiger partial charge is 0.0619 e. The molecule has 2 fully saturated rings. The molecule has 1 saturated heterocycles. The zero-order valence-corrected chi connectivity index (χ0v) is 9.61. The molecule has 3 nitrogen and oxygen atoms in total. The molecule has 3 heteroatoms. The van der Waals surface area contributed by atoms with Crippen LogP contribution in [0.5, 0.6) is 0 Å². The Labute approximate surface area is 96.6 Å². The summed E-state index contributed by atoms with van der Waals surface area (Å²) in [6.45, 7) is 1.95. The Balaban J connectivity index is 1.57. The SMILES string of the molecule is c1cc(CNC2CCCC3OCCC23)c[nH]1. The van der Waals surface area contributed by atoms with E-state index in [4.69, 9.17) is 4.74 Å². The Morgan fingerprint density at radius 3 is 3.25 bits per heavy atom. The highest BCUT2D eigenvalue weighted by atomic mass is 16.5. The van der Waals surface area contributed by atoms with Crippen molar-refractivity contribution in [2.24, 2.45) is 5.92 Å². The van der Waals surface area contributed by atoms with Gasteiger partial charge in [0, 0.05) is 37.5 Å². The quantitative estimate of drug-likeness (QED) is 0.818. The van der Waals surface area contributed by atoms with Crippen LogP contribution in [0.1, 0.15) is 31.2 Å². The summed E-state index contributed by atoms with van der Waals surface area (Å²) in [5, 5.41) is 3.70. The van der Waals surface area contributed by atoms with Crippen LogP contribution in [0.25, 0.3) is 0 Å². The molecular formula is C13H20N2O. The van der Waals surface area contributed by atoms with Crippen molar-refractivity contribution in [1.29, 1.82) is 0 Å². The van der Waals surface area contributed by atoms with Crippen molar-refractivity contribution in [3.63, 3.8) is 0 Å². The van der Waals surface area contributed by atoms with Gasteiger partial charge in [0.2, 0.25) is 0 Å². The summed E-state index contributed by atoms with van der Waals surface area (Å²) >= 11 is 0. The molecule has 3 rings (SSSR count). The van der Waals surface area contributed by atoms with Crippen molar-refractivity contribution in [2.75, 3.05) is 6.61 Å². The zero-order valence-electron chi connectivity index (χ0n) is 9.61. The molecule has 3 atom stereocenters. The predicted molar refractivity (Wildman–Crippen MR) is 63.1 cm³/mol. The molecule has 1 saturated carbocycles. The molecule has 88 valence electrons. The van der Waals surface area contributed by atoms with Gasteiger partial charge >= 0.3 is 0 Å². The number of nitrogens with one attached hydrogen (secondary N) is 2. The number of fused-ring (bicyclic) bond motifs is 1. The van der Waals surface area contributed by atoms with Crippen molar-refractivity contribution in [3.8, 4) is 0 Å². The number of hydrogen-bond acceptors (Lipinski definition) is 2. The Morgan fingerprint density at radius 1 is 1.38 bits per heavy atom. The third-order valence-electron chi connectivity index (χ3n) is 4.01. The first-order valence-corrected chi connectivity index (χ1v) is 6.40. The molecule has 1 aliphatic heterocycles. The fourth-order valence-electron chi connectivity index (χ4n) is 3.15. The predicted octanol–water partition coefficient (Wildman–Crippen LogP) is 2.06. The molecule has 0 amide bonds. The average Bonchev–Trinajstić information content (AvgIpc) is 2.97. The van der Waals surface area contributed by atoms with E-state index in [0.29, 0.717) is 12.1 Å². The van der Waals surface area contributed by atoms with Gasteiger partial charge in [-0.2, -0.15) is 0 Å². The fraction of sp³-hybridized carbons (Fsp3) is 0.692. The highest BCUT2D eigenvalue weighted by Gasteiger charge is 2.37. The van der Waals surface area contributed by atoms with Crippen LogP contribution in [0.2, 0.25) is 0 Å². The lowest BCUT2D eigenvalue weighted by Gasteiger charge is -2.33. The van der Waals surface area contributed by atoms with E-state index < -0.39 is 0 Å². The molecular weight excluding hydrogens is 200 g/mol. The van der Waals surface area contributed by atoms with Crippen LogP contribution >= 0.6 is 0 Å². The van der Waals surface area contributed by atoms with Gasteiger partial charge in [-0.15, -0.1) is 0 Å². The summed E-state index contributed by atoms with van der Waals surface area (Å²) in [5.74, 6) is 0.757. The molecule has 1 aliphatic carbocycles. The lowest BCUT2D eigenvalue weighted by molar-refractivity contribution is 0.0529. The maximum Gasteiger partial charge on any atom is 0.0619 e. The highest BCUT2D eigenvalue weighted by Crippen LogP contribution is 2.34. The van der Waals surface area contributed by atoms with Gasteiger partial charge in [0.15, 0.2) is 0 Å². The average molecular weight is 220 g/mol. The van der Waals surface area contributed by atoms with Gasteiger partial charge in [-0.25, -0.2) is 0 Å². The molecule has 2 heterocycles. The number of aromatic nitrogens is 1. The van der Waals surface area contributed by atoms with Crippen molar-refractivity contribution in [1.82, 2.24) is 10.3 Å². The van der Waals surface area contributed by atoms with E-state index in [2.05, 4.69) is 22.6 Å². The Kier molecular flexibility index (Phi) is 2.98. The van der Waals surface area contributed by atoms with E-state index >= 15 is 0 Å². The van der Waals surface area contributed by atoms with Crippen LogP contribution in [0.3, 0.4) is 0 Å². The largest absolute Gasteiger partial charge is 0.378 e. The normalized spacial score (nSPS) is 33.9. The topological polar surface area (TPSA) is 37.0 Å². The van der Waals surface area contributed by atoms with E-state index in [0.717, 1.165) is 19.1 Å². The van der Waals surface area contributed by atoms with Gasteiger partial charge in [-0.05, 0) is 37.3 Å². The van der Waals surface area contributed by atoms with Gasteiger partial charge in [0.05, 0.1) is 6.10 Å². The number of aromatic amines is 1. The molecule has 0 spiro atoms. The van der Waals surface area contributed by atoms with E-state index in [-0.39, 0.29) is 0 Å². The molecule has 1 aromatic rings. The van der Waals surface area contributed by atoms with Gasteiger partial charge in [0.25, 0.3) is 0 Å². The molecule has 0 aromatic carbocycles. The van der Waals surface area contributed by atoms with E-state index in [9.17, 15) is 0 Å². The summed E-state index contributed by atoms with van der Waals surface area (Å²) in [5.41, 5.74) is 1.35. The first-order chi connectivity index (χ1) is 7.93. The van der Waals surface area contributed by atoms with E-state index in [1.54, 1.807) is 0 Å². The monoisotopic (exact) mass is 220 g/mol. The minimum Gasteiger partial charge on any atom is -0.378 e. The van der Waals surface area contributed by atoms with Crippen molar-refractivity contribution in [2.45, 2.75) is 44.4 Å². The Bertz CT molecular complexity index is 323. The van der Waals surface area contributed by atoms with Crippen molar-refractivity contribution in [3.05, 3.63) is 24.0 Å². The first-order valence-electron chi connectivity index (χ1n) is 6.40. The zero-order chi connectivity index (χ0) is 10.8. The Hall–Kier alpha value is -0.800. The third-order valence-corrected chi connectivity index (χ3v) is 4.01. The molecule has 1 aromatic heterocycles. The standard InChI is InChI=1S/C13H20N2O/c1-2-12(11-5-7-16-13(11)3-1)15-9-10-4-6-14-8-10/h4,6,8,11-15H,1-3,5,7,9H2. The summed E-state index contributed by atoms with van der Waals surface area (Å²) in [6.07, 6.45) is 9.73. The Morgan fingerprint density at radius 2 is 2.38 bits per heavy atom. The van der Waals surface area contributed by atoms with Gasteiger partial charge in [0.1, 0.15) is 0 Å². The lowest BCUT2D eigenvalue weighted by atomic mass is 9.82. The van der Waals surface area contributed by atoms with Crippen LogP contribution < -0.4 is 5.32 Å². The van der Waals surface area contributed by atoms with Crippen molar-refractivity contribution < 1.29 is 4.74 Å². The van der Waals surface area contributed by atoms with Crippen LogP contribution in [0.4, 0.5) is 0 Å². The molecule has 0 bridgehead atoms. The molecule has 2 N–H and O–H groups in total. The number of rotatable bonds is 3. The minimum absolute atomic E-state index is 0.539. The summed E-state index contributed by atoms with van der Waals surface area (Å²) in [6, 6.07) is 2.80. The lowest BCUT2D eigenvalue weighted by Crippen LogP contribution is -2.42. The van der Waals surface area contributed by atoms with Gasteiger partial charge < -0.3 is 15.0 Å². The second-order valence-electron chi connectivity index (χ2n) is 5.00. The third kappa shape index (κ3) is 2.02. The van der Waals surface area contributed by atoms with Crippen molar-refractivity contribution >= 4 is 0 Å². The number of H-pyrrole nitrogens is 1. The van der Waals surface area contributed by atoms with Crippen LogP contribution in [0.15, 0.2) is 18.5 Å². The summed E-state index contributed by atoms with van der Waals surface area (Å²) in [4.78, 5) is 3.10. The number of hydrogen-bond donors (Lipinski definition) is 2. The first kappa shape index (κ1) is 10.4. The second-order valence-corrected chi connectivity index (χ2v) is 5.00.